The second-order valence-corrected chi connectivity index (χ2v) is 3.58. The molecule has 1 heterocycles. The molecule has 0 amide bonds. The molecule has 1 aromatic rings. The van der Waals surface area contributed by atoms with Gasteiger partial charge in [0.15, 0.2) is 0 Å². The van der Waals surface area contributed by atoms with Gasteiger partial charge in [-0.25, -0.2) is 0 Å². The number of rotatable bonds is 4. The van der Waals surface area contributed by atoms with E-state index in [1.807, 2.05) is 25.4 Å². The van der Waals surface area contributed by atoms with Crippen LogP contribution in [0.4, 0.5) is 0 Å². The summed E-state index contributed by atoms with van der Waals surface area (Å²) in [6, 6.07) is 6.64. The highest BCUT2D eigenvalue weighted by molar-refractivity contribution is 5.08. The van der Waals surface area contributed by atoms with E-state index in [1.54, 1.807) is 0 Å². The van der Waals surface area contributed by atoms with Crippen molar-refractivity contribution in [1.82, 2.24) is 10.3 Å². The first kappa shape index (κ1) is 10.2. The van der Waals surface area contributed by atoms with E-state index >= 15 is 0 Å². The van der Waals surface area contributed by atoms with E-state index in [0.29, 0.717) is 12.0 Å². The summed E-state index contributed by atoms with van der Waals surface area (Å²) in [4.78, 5) is 4.34. The zero-order valence-corrected chi connectivity index (χ0v) is 8.62. The number of hydrogen-bond donors (Lipinski definition) is 1. The summed E-state index contributed by atoms with van der Waals surface area (Å²) in [5.41, 5.74) is 1.18. The smallest absolute Gasteiger partial charge is 0.0432 e. The van der Waals surface area contributed by atoms with Crippen LogP contribution in [-0.4, -0.2) is 18.1 Å². The van der Waals surface area contributed by atoms with Gasteiger partial charge in [-0.3, -0.25) is 4.98 Å². The van der Waals surface area contributed by atoms with Crippen LogP contribution in [0.3, 0.4) is 0 Å². The van der Waals surface area contributed by atoms with Crippen molar-refractivity contribution < 1.29 is 0 Å². The van der Waals surface area contributed by atoms with Gasteiger partial charge in [0.2, 0.25) is 0 Å². The number of nitrogens with zero attached hydrogens (tertiary/aromatic N) is 1. The zero-order chi connectivity index (χ0) is 9.68. The maximum atomic E-state index is 4.34. The Morgan fingerprint density at radius 2 is 2.15 bits per heavy atom. The molecule has 0 aliphatic rings. The van der Waals surface area contributed by atoms with Crippen molar-refractivity contribution in [3.05, 3.63) is 30.1 Å². The minimum atomic E-state index is 0.531. The number of nitrogens with one attached hydrogen (secondary N) is 1. The average molecular weight is 178 g/mol. The van der Waals surface area contributed by atoms with Crippen LogP contribution in [0.2, 0.25) is 0 Å². The van der Waals surface area contributed by atoms with Gasteiger partial charge in [-0.15, -0.1) is 0 Å². The summed E-state index contributed by atoms with van der Waals surface area (Å²) >= 11 is 0. The molecule has 2 atom stereocenters. The molecule has 0 aliphatic carbocycles. The van der Waals surface area contributed by atoms with Gasteiger partial charge in [0, 0.05) is 17.9 Å². The van der Waals surface area contributed by atoms with Gasteiger partial charge in [0.05, 0.1) is 0 Å². The van der Waals surface area contributed by atoms with Crippen LogP contribution in [0, 0.1) is 0 Å². The third-order valence-corrected chi connectivity index (χ3v) is 2.39. The van der Waals surface area contributed by atoms with Gasteiger partial charge < -0.3 is 5.32 Å². The summed E-state index contributed by atoms with van der Waals surface area (Å²) in [5.74, 6) is 0.531. The molecular formula is C11H18N2. The molecule has 0 bridgehead atoms. The van der Waals surface area contributed by atoms with Gasteiger partial charge in [-0.1, -0.05) is 13.0 Å². The molecule has 1 rings (SSSR count). The summed E-state index contributed by atoms with van der Waals surface area (Å²) in [6.07, 6.45) is 2.99. The van der Waals surface area contributed by atoms with Crippen LogP contribution < -0.4 is 5.32 Å². The molecule has 2 unspecified atom stereocenters. The highest BCUT2D eigenvalue weighted by atomic mass is 14.9. The fourth-order valence-corrected chi connectivity index (χ4v) is 1.44. The lowest BCUT2D eigenvalue weighted by atomic mass is 9.99. The van der Waals surface area contributed by atoms with Gasteiger partial charge in [-0.2, -0.15) is 0 Å². The molecular weight excluding hydrogens is 160 g/mol. The lowest BCUT2D eigenvalue weighted by molar-refractivity contribution is 0.510. The van der Waals surface area contributed by atoms with Crippen molar-refractivity contribution in [2.45, 2.75) is 32.2 Å². The van der Waals surface area contributed by atoms with Crippen molar-refractivity contribution in [2.24, 2.45) is 0 Å². The molecule has 0 saturated carbocycles. The fraction of sp³-hybridized carbons (Fsp3) is 0.545. The Labute approximate surface area is 80.4 Å². The number of hydrogen-bond acceptors (Lipinski definition) is 2. The van der Waals surface area contributed by atoms with E-state index < -0.39 is 0 Å². The Balaban J connectivity index is 2.53. The highest BCUT2D eigenvalue weighted by Gasteiger charge is 2.09. The van der Waals surface area contributed by atoms with Crippen LogP contribution in [0.5, 0.6) is 0 Å². The van der Waals surface area contributed by atoms with E-state index in [0.717, 1.165) is 6.42 Å². The second-order valence-electron chi connectivity index (χ2n) is 3.58. The molecule has 1 aromatic heterocycles. The van der Waals surface area contributed by atoms with Crippen LogP contribution in [0.25, 0.3) is 0 Å². The number of pyridine rings is 1. The summed E-state index contributed by atoms with van der Waals surface area (Å²) in [5, 5.41) is 3.24. The normalized spacial score (nSPS) is 15.3. The van der Waals surface area contributed by atoms with E-state index in [9.17, 15) is 0 Å². The van der Waals surface area contributed by atoms with Crippen molar-refractivity contribution in [2.75, 3.05) is 7.05 Å². The summed E-state index contributed by atoms with van der Waals surface area (Å²) in [7, 11) is 2.00. The lowest BCUT2D eigenvalue weighted by Gasteiger charge is -2.15. The minimum Gasteiger partial charge on any atom is -0.317 e. The monoisotopic (exact) mass is 178 g/mol. The van der Waals surface area contributed by atoms with Gasteiger partial charge in [-0.05, 0) is 38.4 Å². The maximum absolute atomic E-state index is 4.34. The first-order valence-corrected chi connectivity index (χ1v) is 4.82. The molecule has 1 N–H and O–H groups in total. The molecule has 0 fully saturated rings. The van der Waals surface area contributed by atoms with Gasteiger partial charge >= 0.3 is 0 Å². The SMILES string of the molecule is CNC(C)CC(C)c1ccccn1. The molecule has 2 nitrogen and oxygen atoms in total. The molecule has 0 spiro atoms. The van der Waals surface area contributed by atoms with Crippen molar-refractivity contribution in [3.63, 3.8) is 0 Å². The second kappa shape index (κ2) is 4.97. The molecule has 0 aromatic carbocycles. The zero-order valence-electron chi connectivity index (χ0n) is 8.62. The largest absolute Gasteiger partial charge is 0.317 e. The Morgan fingerprint density at radius 1 is 1.38 bits per heavy atom. The van der Waals surface area contributed by atoms with Crippen LogP contribution in [0.15, 0.2) is 24.4 Å². The molecule has 72 valence electrons. The predicted octanol–water partition coefficient (Wildman–Crippen LogP) is 2.18. The average Bonchev–Trinajstić information content (AvgIpc) is 2.19. The first-order valence-electron chi connectivity index (χ1n) is 4.82. The van der Waals surface area contributed by atoms with Crippen LogP contribution in [0.1, 0.15) is 31.9 Å². The Bertz CT molecular complexity index is 233. The van der Waals surface area contributed by atoms with Crippen molar-refractivity contribution in [3.8, 4) is 0 Å². The van der Waals surface area contributed by atoms with Crippen LogP contribution >= 0.6 is 0 Å². The predicted molar refractivity (Wildman–Crippen MR) is 55.8 cm³/mol. The Hall–Kier alpha value is -0.890. The topological polar surface area (TPSA) is 24.9 Å². The molecule has 13 heavy (non-hydrogen) atoms. The Morgan fingerprint density at radius 3 is 2.69 bits per heavy atom. The van der Waals surface area contributed by atoms with Gasteiger partial charge in [0.25, 0.3) is 0 Å². The standard InChI is InChI=1S/C11H18N2/c1-9(8-10(2)12-3)11-6-4-5-7-13-11/h4-7,9-10,12H,8H2,1-3H3. The molecule has 2 heteroatoms. The van der Waals surface area contributed by atoms with Gasteiger partial charge in [0.1, 0.15) is 0 Å². The number of aromatic nitrogens is 1. The fourth-order valence-electron chi connectivity index (χ4n) is 1.44. The third-order valence-electron chi connectivity index (χ3n) is 2.39. The summed E-state index contributed by atoms with van der Waals surface area (Å²) < 4.78 is 0. The summed E-state index contributed by atoms with van der Waals surface area (Å²) in [6.45, 7) is 4.41. The maximum Gasteiger partial charge on any atom is 0.0432 e. The lowest BCUT2D eigenvalue weighted by Crippen LogP contribution is -2.23. The van der Waals surface area contributed by atoms with E-state index in [2.05, 4.69) is 30.2 Å². The van der Waals surface area contributed by atoms with E-state index in [4.69, 9.17) is 0 Å². The Kier molecular flexibility index (Phi) is 3.90. The molecule has 0 saturated heterocycles. The van der Waals surface area contributed by atoms with E-state index in [1.165, 1.54) is 5.69 Å². The van der Waals surface area contributed by atoms with Crippen molar-refractivity contribution in [1.29, 1.82) is 0 Å². The first-order chi connectivity index (χ1) is 6.24. The quantitative estimate of drug-likeness (QED) is 0.764. The third kappa shape index (κ3) is 3.15. The molecule has 0 radical (unpaired) electrons. The minimum absolute atomic E-state index is 0.531. The van der Waals surface area contributed by atoms with E-state index in [-0.39, 0.29) is 0 Å². The molecule has 0 aliphatic heterocycles. The highest BCUT2D eigenvalue weighted by Crippen LogP contribution is 2.17. The van der Waals surface area contributed by atoms with Crippen molar-refractivity contribution >= 4 is 0 Å². The van der Waals surface area contributed by atoms with Crippen LogP contribution in [-0.2, 0) is 0 Å².